The van der Waals surface area contributed by atoms with Crippen LogP contribution in [0.4, 0.5) is 0 Å². The van der Waals surface area contributed by atoms with Gasteiger partial charge in [0.05, 0.1) is 12.7 Å². The van der Waals surface area contributed by atoms with Crippen molar-refractivity contribution in [1.29, 1.82) is 0 Å². The van der Waals surface area contributed by atoms with Crippen molar-refractivity contribution in [2.24, 2.45) is 11.3 Å². The Bertz CT molecular complexity index is 411. The van der Waals surface area contributed by atoms with Crippen LogP contribution in [0.15, 0.2) is 24.3 Å². The monoisotopic (exact) mass is 234 g/mol. The lowest BCUT2D eigenvalue weighted by Crippen LogP contribution is -2.29. The molecule has 0 amide bonds. The molecule has 1 aliphatic carbocycles. The van der Waals surface area contributed by atoms with Gasteiger partial charge in [0.25, 0.3) is 0 Å². The second-order valence-electron chi connectivity index (χ2n) is 6.07. The summed E-state index contributed by atoms with van der Waals surface area (Å²) in [7, 11) is 1.66. The van der Waals surface area contributed by atoms with E-state index in [1.165, 1.54) is 0 Å². The Kier molecular flexibility index (Phi) is 2.94. The Labute approximate surface area is 104 Å². The number of hydrogen-bond donors (Lipinski definition) is 1. The molecule has 0 bridgehead atoms. The fourth-order valence-electron chi connectivity index (χ4n) is 3.34. The van der Waals surface area contributed by atoms with Crippen LogP contribution >= 0.6 is 0 Å². The maximum atomic E-state index is 11.0. The SMILES string of the molecule is COc1ccccc1C1(O)CC(C)(C)CC1C. The zero-order valence-electron chi connectivity index (χ0n) is 11.2. The summed E-state index contributed by atoms with van der Waals surface area (Å²) >= 11 is 0. The highest BCUT2D eigenvalue weighted by Crippen LogP contribution is 2.54. The second-order valence-corrected chi connectivity index (χ2v) is 6.07. The van der Waals surface area contributed by atoms with Crippen LogP contribution in [0.1, 0.15) is 39.2 Å². The molecule has 1 aromatic rings. The van der Waals surface area contributed by atoms with Gasteiger partial charge in [0, 0.05) is 5.56 Å². The maximum absolute atomic E-state index is 11.0. The molecule has 2 heteroatoms. The van der Waals surface area contributed by atoms with Gasteiger partial charge in [-0.15, -0.1) is 0 Å². The largest absolute Gasteiger partial charge is 0.496 e. The molecule has 0 radical (unpaired) electrons. The van der Waals surface area contributed by atoms with Crippen molar-refractivity contribution in [1.82, 2.24) is 0 Å². The molecule has 1 fully saturated rings. The Morgan fingerprint density at radius 2 is 1.94 bits per heavy atom. The van der Waals surface area contributed by atoms with Crippen LogP contribution in [0, 0.1) is 11.3 Å². The van der Waals surface area contributed by atoms with Crippen molar-refractivity contribution in [2.45, 2.75) is 39.2 Å². The Morgan fingerprint density at radius 3 is 2.47 bits per heavy atom. The summed E-state index contributed by atoms with van der Waals surface area (Å²) in [6.45, 7) is 6.56. The molecule has 0 spiro atoms. The topological polar surface area (TPSA) is 29.5 Å². The van der Waals surface area contributed by atoms with Crippen LogP contribution < -0.4 is 4.74 Å². The number of rotatable bonds is 2. The predicted molar refractivity (Wildman–Crippen MR) is 69.1 cm³/mol. The minimum atomic E-state index is -0.754. The zero-order chi connectivity index (χ0) is 12.7. The Hall–Kier alpha value is -1.02. The molecular weight excluding hydrogens is 212 g/mol. The van der Waals surface area contributed by atoms with E-state index in [2.05, 4.69) is 20.8 Å². The molecule has 17 heavy (non-hydrogen) atoms. The average Bonchev–Trinajstić information content (AvgIpc) is 2.48. The molecule has 0 saturated heterocycles. The number of ether oxygens (including phenoxy) is 1. The molecule has 2 unspecified atom stereocenters. The molecule has 1 N–H and O–H groups in total. The first-order chi connectivity index (χ1) is 7.89. The van der Waals surface area contributed by atoms with E-state index < -0.39 is 5.60 Å². The molecular formula is C15H22O2. The number of para-hydroxylation sites is 1. The van der Waals surface area contributed by atoms with Gasteiger partial charge in [-0.2, -0.15) is 0 Å². The van der Waals surface area contributed by atoms with Crippen LogP contribution in [0.3, 0.4) is 0 Å². The van der Waals surface area contributed by atoms with Crippen LogP contribution in [0.2, 0.25) is 0 Å². The standard InChI is InChI=1S/C15H22O2/c1-11-9-14(2,3)10-15(11,16)12-7-5-6-8-13(12)17-4/h5-8,11,16H,9-10H2,1-4H3. The molecule has 2 rings (SSSR count). The van der Waals surface area contributed by atoms with Gasteiger partial charge in [-0.25, -0.2) is 0 Å². The van der Waals surface area contributed by atoms with E-state index >= 15 is 0 Å². The van der Waals surface area contributed by atoms with Gasteiger partial charge < -0.3 is 9.84 Å². The van der Waals surface area contributed by atoms with Crippen LogP contribution in [0.5, 0.6) is 5.75 Å². The van der Waals surface area contributed by atoms with E-state index in [1.54, 1.807) is 7.11 Å². The third-order valence-electron chi connectivity index (χ3n) is 4.00. The molecule has 1 aliphatic rings. The molecule has 0 aliphatic heterocycles. The normalized spacial score (nSPS) is 31.5. The highest BCUT2D eigenvalue weighted by Gasteiger charge is 2.49. The number of hydrogen-bond acceptors (Lipinski definition) is 2. The van der Waals surface area contributed by atoms with Crippen molar-refractivity contribution in [2.75, 3.05) is 7.11 Å². The minimum absolute atomic E-state index is 0.190. The van der Waals surface area contributed by atoms with Gasteiger partial charge in [-0.05, 0) is 30.2 Å². The van der Waals surface area contributed by atoms with Crippen LogP contribution in [-0.2, 0) is 5.60 Å². The summed E-state index contributed by atoms with van der Waals surface area (Å²) in [6.07, 6.45) is 1.84. The number of aliphatic hydroxyl groups is 1. The predicted octanol–water partition coefficient (Wildman–Crippen LogP) is 3.34. The van der Waals surface area contributed by atoms with E-state index in [0.29, 0.717) is 0 Å². The summed E-state index contributed by atoms with van der Waals surface area (Å²) in [5.41, 5.74) is 0.367. The van der Waals surface area contributed by atoms with E-state index in [4.69, 9.17) is 4.74 Å². The summed E-state index contributed by atoms with van der Waals surface area (Å²) < 4.78 is 5.38. The summed E-state index contributed by atoms with van der Waals surface area (Å²) in [4.78, 5) is 0. The van der Waals surface area contributed by atoms with Crippen LogP contribution in [-0.4, -0.2) is 12.2 Å². The molecule has 0 heterocycles. The lowest BCUT2D eigenvalue weighted by Gasteiger charge is -2.30. The summed E-state index contributed by atoms with van der Waals surface area (Å²) in [6, 6.07) is 7.81. The zero-order valence-corrected chi connectivity index (χ0v) is 11.2. The highest BCUT2D eigenvalue weighted by molar-refractivity contribution is 5.39. The molecule has 0 aromatic heterocycles. The lowest BCUT2D eigenvalue weighted by molar-refractivity contribution is -0.00285. The third kappa shape index (κ3) is 2.06. The van der Waals surface area contributed by atoms with E-state index in [0.717, 1.165) is 24.2 Å². The van der Waals surface area contributed by atoms with Gasteiger partial charge in [-0.3, -0.25) is 0 Å². The quantitative estimate of drug-likeness (QED) is 0.850. The minimum Gasteiger partial charge on any atom is -0.496 e. The molecule has 1 aromatic carbocycles. The molecule has 94 valence electrons. The van der Waals surface area contributed by atoms with Crippen molar-refractivity contribution in [3.63, 3.8) is 0 Å². The molecule has 2 atom stereocenters. The highest BCUT2D eigenvalue weighted by atomic mass is 16.5. The molecule has 1 saturated carbocycles. The number of methoxy groups -OCH3 is 1. The summed E-state index contributed by atoms with van der Waals surface area (Å²) in [5.74, 6) is 1.05. The van der Waals surface area contributed by atoms with Crippen LogP contribution in [0.25, 0.3) is 0 Å². The second kappa shape index (κ2) is 4.02. The van der Waals surface area contributed by atoms with Gasteiger partial charge in [-0.1, -0.05) is 39.0 Å². The van der Waals surface area contributed by atoms with Gasteiger partial charge in [0.1, 0.15) is 5.75 Å². The Balaban J connectivity index is 2.45. The first-order valence-corrected chi connectivity index (χ1v) is 6.25. The number of benzene rings is 1. The van der Waals surface area contributed by atoms with E-state index in [-0.39, 0.29) is 11.3 Å². The van der Waals surface area contributed by atoms with Crippen molar-refractivity contribution >= 4 is 0 Å². The molecule has 2 nitrogen and oxygen atoms in total. The van der Waals surface area contributed by atoms with Crippen molar-refractivity contribution in [3.8, 4) is 5.75 Å². The first-order valence-electron chi connectivity index (χ1n) is 6.25. The van der Waals surface area contributed by atoms with Gasteiger partial charge in [0.2, 0.25) is 0 Å². The summed E-state index contributed by atoms with van der Waals surface area (Å²) in [5, 5.41) is 11.0. The van der Waals surface area contributed by atoms with Crippen molar-refractivity contribution in [3.05, 3.63) is 29.8 Å². The van der Waals surface area contributed by atoms with E-state index in [1.807, 2.05) is 24.3 Å². The lowest BCUT2D eigenvalue weighted by atomic mass is 9.83. The van der Waals surface area contributed by atoms with Gasteiger partial charge in [0.15, 0.2) is 0 Å². The average molecular weight is 234 g/mol. The first kappa shape index (κ1) is 12.4. The smallest absolute Gasteiger partial charge is 0.124 e. The van der Waals surface area contributed by atoms with Gasteiger partial charge >= 0.3 is 0 Å². The Morgan fingerprint density at radius 1 is 1.29 bits per heavy atom. The maximum Gasteiger partial charge on any atom is 0.124 e. The fraction of sp³-hybridized carbons (Fsp3) is 0.600. The van der Waals surface area contributed by atoms with Crippen molar-refractivity contribution < 1.29 is 9.84 Å². The third-order valence-corrected chi connectivity index (χ3v) is 4.00. The fourth-order valence-corrected chi connectivity index (χ4v) is 3.34. The van der Waals surface area contributed by atoms with E-state index in [9.17, 15) is 5.11 Å².